The summed E-state index contributed by atoms with van der Waals surface area (Å²) in [5.74, 6) is 0.765. The maximum Gasteiger partial charge on any atom is 0.257 e. The molecular weight excluding hydrogens is 470 g/mol. The predicted molar refractivity (Wildman–Crippen MR) is 140 cm³/mol. The van der Waals surface area contributed by atoms with Crippen molar-refractivity contribution in [3.63, 3.8) is 0 Å². The molecule has 7 nitrogen and oxygen atoms in total. The van der Waals surface area contributed by atoms with Crippen LogP contribution in [0.1, 0.15) is 15.9 Å². The van der Waals surface area contributed by atoms with Crippen LogP contribution in [0, 0.1) is 6.92 Å². The van der Waals surface area contributed by atoms with Gasteiger partial charge in [-0.15, -0.1) is 11.3 Å². The highest BCUT2D eigenvalue weighted by Gasteiger charge is 2.18. The minimum absolute atomic E-state index is 0.168. The number of rotatable bonds is 6. The topological polar surface area (TPSA) is 81.7 Å². The van der Waals surface area contributed by atoms with Crippen molar-refractivity contribution >= 4 is 50.5 Å². The van der Waals surface area contributed by atoms with E-state index in [0.29, 0.717) is 22.8 Å². The number of nitrogens with one attached hydrogen (secondary N) is 2. The Bertz CT molecular complexity index is 1340. The molecule has 1 aromatic heterocycles. The van der Waals surface area contributed by atoms with Gasteiger partial charge in [0.15, 0.2) is 16.6 Å². The number of hydrogen-bond acceptors (Lipinski definition) is 7. The van der Waals surface area contributed by atoms with Gasteiger partial charge in [0.25, 0.3) is 5.91 Å². The first-order chi connectivity index (χ1) is 16.4. The number of amides is 1. The fraction of sp³-hybridized carbons (Fsp3) is 0.160. The van der Waals surface area contributed by atoms with Crippen molar-refractivity contribution in [2.75, 3.05) is 26.6 Å². The van der Waals surface area contributed by atoms with Crippen LogP contribution in [-0.2, 0) is 0 Å². The van der Waals surface area contributed by atoms with Crippen molar-refractivity contribution in [1.82, 2.24) is 10.3 Å². The van der Waals surface area contributed by atoms with Crippen LogP contribution >= 0.6 is 23.6 Å². The van der Waals surface area contributed by atoms with Crippen LogP contribution < -0.4 is 24.8 Å². The number of ether oxygens (including phenoxy) is 3. The van der Waals surface area contributed by atoms with Gasteiger partial charge in [-0.3, -0.25) is 10.1 Å². The van der Waals surface area contributed by atoms with Crippen molar-refractivity contribution in [2.45, 2.75) is 6.92 Å². The predicted octanol–water partition coefficient (Wildman–Crippen LogP) is 5.42. The van der Waals surface area contributed by atoms with E-state index in [1.165, 1.54) is 26.9 Å². The molecule has 0 spiro atoms. The van der Waals surface area contributed by atoms with Gasteiger partial charge in [-0.05, 0) is 73.2 Å². The maximum absolute atomic E-state index is 12.7. The molecule has 34 heavy (non-hydrogen) atoms. The standard InChI is InChI=1S/C25H23N3O4S2/c1-14-5-10-18-21(11-14)34-24(27-18)15-6-8-17(9-7-15)26-25(33)28-23(29)16-12-19(30-2)22(32-4)20(13-16)31-3/h5-13H,1-4H3,(H2,26,28,29,33). The number of thiocarbonyl (C=S) groups is 1. The number of fused-ring (bicyclic) bond motifs is 1. The molecule has 4 rings (SSSR count). The summed E-state index contributed by atoms with van der Waals surface area (Å²) in [5.41, 5.74) is 4.28. The summed E-state index contributed by atoms with van der Waals surface area (Å²) in [6, 6.07) is 17.1. The summed E-state index contributed by atoms with van der Waals surface area (Å²) in [6.45, 7) is 2.07. The minimum Gasteiger partial charge on any atom is -0.493 e. The van der Waals surface area contributed by atoms with Crippen LogP contribution in [0.4, 0.5) is 5.69 Å². The molecule has 0 aliphatic rings. The van der Waals surface area contributed by atoms with Crippen LogP contribution in [0.15, 0.2) is 54.6 Å². The lowest BCUT2D eigenvalue weighted by molar-refractivity contribution is 0.0977. The van der Waals surface area contributed by atoms with Crippen LogP contribution in [-0.4, -0.2) is 37.3 Å². The molecule has 2 N–H and O–H groups in total. The molecule has 174 valence electrons. The Kier molecular flexibility index (Phi) is 6.95. The normalized spacial score (nSPS) is 10.6. The molecule has 4 aromatic rings. The van der Waals surface area contributed by atoms with E-state index in [1.54, 1.807) is 23.5 Å². The third-order valence-corrected chi connectivity index (χ3v) is 6.36. The van der Waals surface area contributed by atoms with E-state index < -0.39 is 5.91 Å². The Labute approximate surface area is 206 Å². The summed E-state index contributed by atoms with van der Waals surface area (Å²) >= 11 is 6.98. The SMILES string of the molecule is COc1cc(C(=O)NC(=S)Nc2ccc(-c3nc4ccc(C)cc4s3)cc2)cc(OC)c1OC. The zero-order valence-corrected chi connectivity index (χ0v) is 20.7. The average molecular weight is 494 g/mol. The minimum atomic E-state index is -0.404. The molecule has 3 aromatic carbocycles. The number of thiazole rings is 1. The third kappa shape index (κ3) is 4.95. The zero-order chi connectivity index (χ0) is 24.2. The van der Waals surface area contributed by atoms with Crippen molar-refractivity contribution in [3.8, 4) is 27.8 Å². The van der Waals surface area contributed by atoms with Gasteiger partial charge in [-0.25, -0.2) is 4.98 Å². The fourth-order valence-corrected chi connectivity index (χ4v) is 4.68. The van der Waals surface area contributed by atoms with Crippen molar-refractivity contribution in [2.24, 2.45) is 0 Å². The van der Waals surface area contributed by atoms with Crippen LogP contribution in [0.25, 0.3) is 20.8 Å². The van der Waals surface area contributed by atoms with Crippen LogP contribution in [0.2, 0.25) is 0 Å². The summed E-state index contributed by atoms with van der Waals surface area (Å²) in [7, 11) is 4.48. The monoisotopic (exact) mass is 493 g/mol. The van der Waals surface area contributed by atoms with Gasteiger partial charge in [0.1, 0.15) is 5.01 Å². The molecule has 0 atom stereocenters. The van der Waals surface area contributed by atoms with E-state index >= 15 is 0 Å². The van der Waals surface area contributed by atoms with E-state index in [0.717, 1.165) is 26.5 Å². The second-order valence-electron chi connectivity index (χ2n) is 7.39. The highest BCUT2D eigenvalue weighted by atomic mass is 32.1. The van der Waals surface area contributed by atoms with Gasteiger partial charge < -0.3 is 19.5 Å². The Morgan fingerprint density at radius 2 is 1.62 bits per heavy atom. The number of carbonyl (C=O) groups excluding carboxylic acids is 1. The molecule has 0 saturated carbocycles. The van der Waals surface area contributed by atoms with E-state index in [2.05, 4.69) is 29.7 Å². The number of hydrogen-bond donors (Lipinski definition) is 2. The first kappa shape index (κ1) is 23.5. The molecule has 0 saturated heterocycles. The Morgan fingerprint density at radius 3 is 2.24 bits per heavy atom. The van der Waals surface area contributed by atoms with E-state index in [1.807, 2.05) is 30.3 Å². The number of methoxy groups -OCH3 is 3. The van der Waals surface area contributed by atoms with Gasteiger partial charge in [0.2, 0.25) is 5.75 Å². The Balaban J connectivity index is 1.44. The maximum atomic E-state index is 12.7. The second-order valence-corrected chi connectivity index (χ2v) is 8.83. The molecule has 9 heteroatoms. The zero-order valence-electron chi connectivity index (χ0n) is 19.1. The quantitative estimate of drug-likeness (QED) is 0.347. The number of nitrogens with zero attached hydrogens (tertiary/aromatic N) is 1. The molecule has 1 amide bonds. The summed E-state index contributed by atoms with van der Waals surface area (Å²) in [5, 5.41) is 6.82. The van der Waals surface area contributed by atoms with E-state index in [9.17, 15) is 4.79 Å². The number of aryl methyl sites for hydroxylation is 1. The van der Waals surface area contributed by atoms with E-state index in [-0.39, 0.29) is 5.11 Å². The van der Waals surface area contributed by atoms with Crippen molar-refractivity contribution in [1.29, 1.82) is 0 Å². The van der Waals surface area contributed by atoms with Crippen molar-refractivity contribution in [3.05, 3.63) is 65.7 Å². The molecular formula is C25H23N3O4S2. The molecule has 1 heterocycles. The number of carbonyl (C=O) groups is 1. The lowest BCUT2D eigenvalue weighted by Crippen LogP contribution is -2.34. The largest absolute Gasteiger partial charge is 0.493 e. The van der Waals surface area contributed by atoms with Crippen LogP contribution in [0.5, 0.6) is 17.2 Å². The third-order valence-electron chi connectivity index (χ3n) is 5.09. The lowest BCUT2D eigenvalue weighted by atomic mass is 10.1. The van der Waals surface area contributed by atoms with E-state index in [4.69, 9.17) is 31.4 Å². The highest BCUT2D eigenvalue weighted by Crippen LogP contribution is 2.38. The Hall–Kier alpha value is -3.69. The molecule has 0 aliphatic carbocycles. The fourth-order valence-electron chi connectivity index (χ4n) is 3.40. The Morgan fingerprint density at radius 1 is 0.941 bits per heavy atom. The van der Waals surface area contributed by atoms with Gasteiger partial charge in [0, 0.05) is 16.8 Å². The first-order valence-electron chi connectivity index (χ1n) is 10.3. The summed E-state index contributed by atoms with van der Waals surface area (Å²) in [6.07, 6.45) is 0. The summed E-state index contributed by atoms with van der Waals surface area (Å²) < 4.78 is 17.1. The second kappa shape index (κ2) is 10.1. The molecule has 0 unspecified atom stereocenters. The van der Waals surface area contributed by atoms with Gasteiger partial charge >= 0.3 is 0 Å². The summed E-state index contributed by atoms with van der Waals surface area (Å²) in [4.78, 5) is 17.4. The van der Waals surface area contributed by atoms with Gasteiger partial charge in [0.05, 0.1) is 31.5 Å². The molecule has 0 radical (unpaired) electrons. The average Bonchev–Trinajstić information content (AvgIpc) is 3.26. The van der Waals surface area contributed by atoms with Gasteiger partial charge in [-0.1, -0.05) is 6.07 Å². The van der Waals surface area contributed by atoms with Gasteiger partial charge in [-0.2, -0.15) is 0 Å². The molecule has 0 bridgehead atoms. The highest BCUT2D eigenvalue weighted by molar-refractivity contribution is 7.80. The number of anilines is 1. The molecule has 0 fully saturated rings. The lowest BCUT2D eigenvalue weighted by Gasteiger charge is -2.14. The van der Waals surface area contributed by atoms with Crippen molar-refractivity contribution < 1.29 is 19.0 Å². The smallest absolute Gasteiger partial charge is 0.257 e. The van der Waals surface area contributed by atoms with Crippen LogP contribution in [0.3, 0.4) is 0 Å². The molecule has 0 aliphatic heterocycles. The number of aromatic nitrogens is 1. The number of benzene rings is 3. The first-order valence-corrected chi connectivity index (χ1v) is 11.5.